The van der Waals surface area contributed by atoms with Crippen LogP contribution in [0.25, 0.3) is 0 Å². The Morgan fingerprint density at radius 2 is 2.09 bits per heavy atom. The van der Waals surface area contributed by atoms with Crippen LogP contribution in [0, 0.1) is 10.1 Å². The van der Waals surface area contributed by atoms with E-state index in [9.17, 15) is 18.5 Å². The summed E-state index contributed by atoms with van der Waals surface area (Å²) in [6.45, 7) is 2.91. The first-order valence-corrected chi connectivity index (χ1v) is 8.82. The zero-order chi connectivity index (χ0) is 17.2. The third-order valence-electron chi connectivity index (χ3n) is 3.41. The third-order valence-corrected chi connectivity index (χ3v) is 4.53. The van der Waals surface area contributed by atoms with Gasteiger partial charge in [0.05, 0.1) is 21.7 Å². The monoisotopic (exact) mass is 338 g/mol. The number of nitro benzene ring substituents is 1. The Balaban J connectivity index is 2.48. The molecule has 2 rings (SSSR count). The van der Waals surface area contributed by atoms with Crippen molar-refractivity contribution in [3.8, 4) is 0 Å². The van der Waals surface area contributed by atoms with Crippen LogP contribution in [0.4, 0.5) is 11.4 Å². The number of anilines is 1. The second-order valence-corrected chi connectivity index (χ2v) is 7.20. The highest BCUT2D eigenvalue weighted by molar-refractivity contribution is 7.90. The highest BCUT2D eigenvalue weighted by Gasteiger charge is 2.21. The number of aryl methyl sites for hydroxylation is 1. The van der Waals surface area contributed by atoms with Crippen LogP contribution in [0.1, 0.15) is 12.5 Å². The van der Waals surface area contributed by atoms with Crippen molar-refractivity contribution in [2.45, 2.75) is 18.4 Å². The zero-order valence-corrected chi connectivity index (χ0v) is 13.9. The predicted octanol–water partition coefficient (Wildman–Crippen LogP) is 1.76. The molecule has 1 aromatic heterocycles. The fourth-order valence-corrected chi connectivity index (χ4v) is 3.23. The van der Waals surface area contributed by atoms with Crippen LogP contribution in [-0.4, -0.2) is 35.9 Å². The first-order chi connectivity index (χ1) is 10.7. The van der Waals surface area contributed by atoms with Gasteiger partial charge in [0.1, 0.15) is 0 Å². The maximum atomic E-state index is 12.0. The fraction of sp³-hybridized carbons (Fsp3) is 0.357. The van der Waals surface area contributed by atoms with Gasteiger partial charge in [-0.25, -0.2) is 8.42 Å². The smallest absolute Gasteiger partial charge is 0.270 e. The number of non-ortho nitro benzene ring substituents is 1. The number of hydrogen-bond acceptors (Lipinski definition) is 6. The molecule has 0 saturated carbocycles. The first kappa shape index (κ1) is 16.9. The molecule has 0 amide bonds. The zero-order valence-electron chi connectivity index (χ0n) is 13.1. The summed E-state index contributed by atoms with van der Waals surface area (Å²) >= 11 is 0. The van der Waals surface area contributed by atoms with Crippen molar-refractivity contribution >= 4 is 21.2 Å². The average Bonchev–Trinajstić information content (AvgIpc) is 2.88. The number of nitrogens with zero attached hydrogens (tertiary/aromatic N) is 4. The van der Waals surface area contributed by atoms with Gasteiger partial charge < -0.3 is 4.90 Å². The topological polar surface area (TPSA) is 98.3 Å². The van der Waals surface area contributed by atoms with E-state index in [-0.39, 0.29) is 10.6 Å². The lowest BCUT2D eigenvalue weighted by Gasteiger charge is -2.24. The van der Waals surface area contributed by atoms with Crippen LogP contribution in [-0.2, 0) is 23.4 Å². The summed E-state index contributed by atoms with van der Waals surface area (Å²) in [5.74, 6) is 0. The second-order valence-electron chi connectivity index (χ2n) is 5.22. The molecule has 0 bridgehead atoms. The molecule has 1 aromatic carbocycles. The van der Waals surface area contributed by atoms with E-state index in [0.717, 1.165) is 17.9 Å². The molecule has 0 saturated heterocycles. The number of nitro groups is 1. The van der Waals surface area contributed by atoms with Gasteiger partial charge in [0, 0.05) is 50.3 Å². The number of benzene rings is 1. The number of sulfone groups is 1. The van der Waals surface area contributed by atoms with Crippen LogP contribution < -0.4 is 4.90 Å². The molecule has 0 spiro atoms. The van der Waals surface area contributed by atoms with E-state index >= 15 is 0 Å². The van der Waals surface area contributed by atoms with E-state index in [4.69, 9.17) is 0 Å². The lowest BCUT2D eigenvalue weighted by molar-refractivity contribution is -0.385. The maximum absolute atomic E-state index is 12.0. The molecule has 8 nitrogen and oxygen atoms in total. The van der Waals surface area contributed by atoms with Crippen LogP contribution in [0.2, 0.25) is 0 Å². The maximum Gasteiger partial charge on any atom is 0.270 e. The molecule has 9 heteroatoms. The molecule has 0 aliphatic rings. The summed E-state index contributed by atoms with van der Waals surface area (Å²) in [6.07, 6.45) is 4.59. The Kier molecular flexibility index (Phi) is 4.69. The summed E-state index contributed by atoms with van der Waals surface area (Å²) in [5.41, 5.74) is 1.13. The van der Waals surface area contributed by atoms with Crippen molar-refractivity contribution in [1.29, 1.82) is 0 Å². The van der Waals surface area contributed by atoms with Crippen LogP contribution in [0.15, 0.2) is 35.5 Å². The lowest BCUT2D eigenvalue weighted by Crippen LogP contribution is -2.24. The molecule has 1 heterocycles. The fourth-order valence-electron chi connectivity index (χ4n) is 2.32. The SMILES string of the molecule is CCN(Cc1cnn(C)c1)c1ccc([N+](=O)[O-])cc1S(C)(=O)=O. The minimum Gasteiger partial charge on any atom is -0.366 e. The van der Waals surface area contributed by atoms with Gasteiger partial charge >= 0.3 is 0 Å². The normalized spacial score (nSPS) is 11.4. The van der Waals surface area contributed by atoms with E-state index in [2.05, 4.69) is 5.10 Å². The predicted molar refractivity (Wildman–Crippen MR) is 86.1 cm³/mol. The van der Waals surface area contributed by atoms with Gasteiger partial charge in [-0.2, -0.15) is 5.10 Å². The van der Waals surface area contributed by atoms with Crippen LogP contribution >= 0.6 is 0 Å². The van der Waals surface area contributed by atoms with Gasteiger partial charge in [-0.15, -0.1) is 0 Å². The quantitative estimate of drug-likeness (QED) is 0.588. The van der Waals surface area contributed by atoms with E-state index in [1.165, 1.54) is 12.1 Å². The Labute approximate surface area is 134 Å². The van der Waals surface area contributed by atoms with Crippen molar-refractivity contribution in [1.82, 2.24) is 9.78 Å². The molecule has 2 aromatic rings. The van der Waals surface area contributed by atoms with Crippen LogP contribution in [0.5, 0.6) is 0 Å². The Bertz CT molecular complexity index is 829. The van der Waals surface area contributed by atoms with Gasteiger partial charge in [-0.1, -0.05) is 0 Å². The molecular weight excluding hydrogens is 320 g/mol. The summed E-state index contributed by atoms with van der Waals surface area (Å²) in [5, 5.41) is 15.0. The number of rotatable bonds is 6. The van der Waals surface area contributed by atoms with Gasteiger partial charge in [0.25, 0.3) is 5.69 Å². The first-order valence-electron chi connectivity index (χ1n) is 6.93. The van der Waals surface area contributed by atoms with Gasteiger partial charge in [-0.05, 0) is 13.0 Å². The van der Waals surface area contributed by atoms with E-state index in [1.807, 2.05) is 18.0 Å². The highest BCUT2D eigenvalue weighted by atomic mass is 32.2. The standard InChI is InChI=1S/C14H18N4O4S/c1-4-17(10-11-8-15-16(2)9-11)13-6-5-12(18(19)20)7-14(13)23(3,21)22/h5-9H,4,10H2,1-3H3. The van der Waals surface area contributed by atoms with Gasteiger partial charge in [0.15, 0.2) is 9.84 Å². The molecule has 0 radical (unpaired) electrons. The van der Waals surface area contributed by atoms with E-state index in [0.29, 0.717) is 18.8 Å². The Morgan fingerprint density at radius 1 is 1.39 bits per heavy atom. The minimum absolute atomic E-state index is 0.0440. The number of hydrogen-bond donors (Lipinski definition) is 0. The molecule has 0 fully saturated rings. The van der Waals surface area contributed by atoms with Crippen molar-refractivity contribution in [3.63, 3.8) is 0 Å². The molecule has 0 unspecified atom stereocenters. The van der Waals surface area contributed by atoms with Crippen molar-refractivity contribution in [2.24, 2.45) is 7.05 Å². The van der Waals surface area contributed by atoms with Crippen molar-refractivity contribution < 1.29 is 13.3 Å². The summed E-state index contributed by atoms with van der Waals surface area (Å²) < 4.78 is 25.7. The van der Waals surface area contributed by atoms with Gasteiger partial charge in [0.2, 0.25) is 0 Å². The summed E-state index contributed by atoms with van der Waals surface area (Å²) in [4.78, 5) is 12.1. The Morgan fingerprint density at radius 3 is 2.57 bits per heavy atom. The van der Waals surface area contributed by atoms with Crippen molar-refractivity contribution in [3.05, 3.63) is 46.3 Å². The van der Waals surface area contributed by atoms with Crippen LogP contribution in [0.3, 0.4) is 0 Å². The largest absolute Gasteiger partial charge is 0.366 e. The minimum atomic E-state index is -3.60. The second kappa shape index (κ2) is 6.37. The van der Waals surface area contributed by atoms with E-state index in [1.54, 1.807) is 17.9 Å². The third kappa shape index (κ3) is 3.86. The van der Waals surface area contributed by atoms with Gasteiger partial charge in [-0.3, -0.25) is 14.8 Å². The molecule has 0 aliphatic heterocycles. The average molecular weight is 338 g/mol. The van der Waals surface area contributed by atoms with E-state index < -0.39 is 14.8 Å². The molecule has 124 valence electrons. The molecule has 0 aliphatic carbocycles. The molecular formula is C14H18N4O4S. The summed E-state index contributed by atoms with van der Waals surface area (Å²) in [6, 6.07) is 3.90. The summed E-state index contributed by atoms with van der Waals surface area (Å²) in [7, 11) is -1.80. The lowest BCUT2D eigenvalue weighted by atomic mass is 10.2. The highest BCUT2D eigenvalue weighted by Crippen LogP contribution is 2.30. The van der Waals surface area contributed by atoms with Crippen molar-refractivity contribution in [2.75, 3.05) is 17.7 Å². The molecule has 23 heavy (non-hydrogen) atoms. The Hall–Kier alpha value is -2.42. The molecule has 0 atom stereocenters. The number of aromatic nitrogens is 2. The molecule has 0 N–H and O–H groups in total.